The van der Waals surface area contributed by atoms with Crippen LogP contribution >= 0.6 is 15.9 Å². The van der Waals surface area contributed by atoms with E-state index in [2.05, 4.69) is 30.5 Å². The summed E-state index contributed by atoms with van der Waals surface area (Å²) >= 11 is 3.00. The number of ether oxygens (including phenoxy) is 2. The van der Waals surface area contributed by atoms with E-state index in [1.807, 2.05) is 0 Å². The van der Waals surface area contributed by atoms with Gasteiger partial charge in [-0.1, -0.05) is 0 Å². The van der Waals surface area contributed by atoms with Crippen LogP contribution in [0.2, 0.25) is 0 Å². The number of benzene rings is 2. The van der Waals surface area contributed by atoms with Gasteiger partial charge < -0.3 is 9.47 Å². The minimum absolute atomic E-state index is 0.0412. The summed E-state index contributed by atoms with van der Waals surface area (Å²) in [6.07, 6.45) is -5.13. The van der Waals surface area contributed by atoms with E-state index < -0.39 is 47.3 Å². The monoisotopic (exact) mass is 468 g/mol. The molecule has 3 rings (SSSR count). The first-order chi connectivity index (χ1) is 13.1. The molecule has 3 aromatic rings. The van der Waals surface area contributed by atoms with Gasteiger partial charge in [-0.2, -0.15) is 18.3 Å². The van der Waals surface area contributed by atoms with Crippen LogP contribution in [0, 0.1) is 17.5 Å². The molecular formula is C17H11BrF6N2O2. The quantitative estimate of drug-likeness (QED) is 0.378. The number of aryl methyl sites for hydroxylation is 1. The molecule has 0 bridgehead atoms. The summed E-state index contributed by atoms with van der Waals surface area (Å²) in [5.41, 5.74) is -2.41. The van der Waals surface area contributed by atoms with Gasteiger partial charge in [0.25, 0.3) is 0 Å². The first-order valence-corrected chi connectivity index (χ1v) is 8.38. The fraction of sp³-hybridized carbons (Fsp3) is 0.235. The lowest BCUT2D eigenvalue weighted by Crippen LogP contribution is -2.13. The van der Waals surface area contributed by atoms with Gasteiger partial charge in [-0.25, -0.2) is 13.2 Å². The van der Waals surface area contributed by atoms with Crippen molar-refractivity contribution in [3.8, 4) is 17.0 Å². The molecular weight excluding hydrogens is 458 g/mol. The summed E-state index contributed by atoms with van der Waals surface area (Å²) in [6.45, 7) is -0.681. The Kier molecular flexibility index (Phi) is 5.32. The van der Waals surface area contributed by atoms with Crippen molar-refractivity contribution < 1.29 is 35.8 Å². The number of methoxy groups -OCH3 is 1. The third-order valence-electron chi connectivity index (χ3n) is 3.93. The topological polar surface area (TPSA) is 36.3 Å². The maximum absolute atomic E-state index is 14.9. The number of rotatable bonds is 4. The number of fused-ring (bicyclic) bond motifs is 1. The van der Waals surface area contributed by atoms with Crippen LogP contribution < -0.4 is 4.74 Å². The molecule has 0 atom stereocenters. The molecule has 11 heteroatoms. The number of alkyl halides is 3. The highest BCUT2D eigenvalue weighted by Gasteiger charge is 2.38. The van der Waals surface area contributed by atoms with E-state index in [9.17, 15) is 26.3 Å². The van der Waals surface area contributed by atoms with Crippen LogP contribution in [0.4, 0.5) is 26.3 Å². The van der Waals surface area contributed by atoms with Gasteiger partial charge in [0.15, 0.2) is 24.2 Å². The molecule has 4 nitrogen and oxygen atoms in total. The van der Waals surface area contributed by atoms with Crippen molar-refractivity contribution >= 4 is 26.8 Å². The zero-order chi connectivity index (χ0) is 20.8. The van der Waals surface area contributed by atoms with Crippen molar-refractivity contribution in [2.45, 2.75) is 6.18 Å². The predicted octanol–water partition coefficient (Wildman–Crippen LogP) is 5.42. The molecule has 0 radical (unpaired) electrons. The number of nitrogens with zero attached hydrogens (tertiary/aromatic N) is 2. The Balaban J connectivity index is 2.36. The fourth-order valence-corrected chi connectivity index (χ4v) is 3.02. The summed E-state index contributed by atoms with van der Waals surface area (Å²) in [4.78, 5) is 0. The Labute approximate surface area is 162 Å². The van der Waals surface area contributed by atoms with E-state index in [0.717, 1.165) is 13.2 Å². The third kappa shape index (κ3) is 3.44. The predicted molar refractivity (Wildman–Crippen MR) is 91.2 cm³/mol. The Hall–Kier alpha value is -2.27. The van der Waals surface area contributed by atoms with Crippen molar-refractivity contribution in [3.05, 3.63) is 45.7 Å². The smallest absolute Gasteiger partial charge is 0.419 e. The molecule has 28 heavy (non-hydrogen) atoms. The van der Waals surface area contributed by atoms with E-state index in [-0.39, 0.29) is 21.6 Å². The summed E-state index contributed by atoms with van der Waals surface area (Å²) in [7, 11) is 2.59. The van der Waals surface area contributed by atoms with E-state index in [1.54, 1.807) is 0 Å². The largest absolute Gasteiger partial charge is 0.461 e. The third-order valence-corrected chi connectivity index (χ3v) is 4.54. The summed E-state index contributed by atoms with van der Waals surface area (Å²) in [6, 6.07) is 2.62. The van der Waals surface area contributed by atoms with E-state index in [1.165, 1.54) is 17.8 Å². The maximum atomic E-state index is 14.9. The number of hydrogen-bond donors (Lipinski definition) is 0. The molecule has 0 spiro atoms. The van der Waals surface area contributed by atoms with Gasteiger partial charge in [-0.05, 0) is 34.1 Å². The molecule has 0 aliphatic carbocycles. The molecule has 0 N–H and O–H groups in total. The number of aromatic nitrogens is 2. The van der Waals surface area contributed by atoms with Crippen LogP contribution in [0.3, 0.4) is 0 Å². The van der Waals surface area contributed by atoms with Gasteiger partial charge in [0.05, 0.1) is 15.6 Å². The van der Waals surface area contributed by atoms with E-state index in [4.69, 9.17) is 0 Å². The number of halogens is 7. The van der Waals surface area contributed by atoms with Crippen molar-refractivity contribution in [2.75, 3.05) is 13.9 Å². The van der Waals surface area contributed by atoms with Gasteiger partial charge in [-0.15, -0.1) is 0 Å². The SMILES string of the molecule is COCOc1c(F)c(-c2nn(C)c3cc(Br)c(F)cc23)cc(C(F)(F)F)c1F. The van der Waals surface area contributed by atoms with Crippen LogP contribution in [-0.4, -0.2) is 23.7 Å². The minimum Gasteiger partial charge on any atom is -0.461 e. The minimum atomic E-state index is -5.13. The Morgan fingerprint density at radius 3 is 2.39 bits per heavy atom. The highest BCUT2D eigenvalue weighted by Crippen LogP contribution is 2.42. The molecule has 0 unspecified atom stereocenters. The molecule has 0 aliphatic heterocycles. The normalized spacial score (nSPS) is 12.0. The van der Waals surface area contributed by atoms with E-state index >= 15 is 0 Å². The van der Waals surface area contributed by atoms with Crippen molar-refractivity contribution in [2.24, 2.45) is 7.05 Å². The second-order valence-corrected chi connectivity index (χ2v) is 6.59. The second kappa shape index (κ2) is 7.28. The Morgan fingerprint density at radius 1 is 1.11 bits per heavy atom. The molecule has 0 aliphatic rings. The molecule has 0 fully saturated rings. The second-order valence-electron chi connectivity index (χ2n) is 5.73. The van der Waals surface area contributed by atoms with Crippen molar-refractivity contribution in [3.63, 3.8) is 0 Å². The zero-order valence-corrected chi connectivity index (χ0v) is 15.9. The van der Waals surface area contributed by atoms with Crippen molar-refractivity contribution in [1.29, 1.82) is 0 Å². The standard InChI is InChI=1S/C17H11BrF6N2O2/c1-26-12-5-10(18)11(19)4-7(12)15(25-26)8-3-9(17(22,23)24)14(21)16(13(8)20)28-6-27-2/h3-5H,6H2,1-2H3. The van der Waals surface area contributed by atoms with Gasteiger partial charge >= 0.3 is 6.18 Å². The maximum Gasteiger partial charge on any atom is 0.419 e. The summed E-state index contributed by atoms with van der Waals surface area (Å²) in [5, 5.41) is 4.03. The highest BCUT2D eigenvalue weighted by atomic mass is 79.9. The highest BCUT2D eigenvalue weighted by molar-refractivity contribution is 9.10. The Bertz CT molecular complexity index is 1060. The Morgan fingerprint density at radius 2 is 1.79 bits per heavy atom. The lowest BCUT2D eigenvalue weighted by Gasteiger charge is -2.15. The van der Waals surface area contributed by atoms with Crippen LogP contribution in [0.1, 0.15) is 5.56 Å². The van der Waals surface area contributed by atoms with Gasteiger partial charge in [0, 0.05) is 25.1 Å². The first kappa shape index (κ1) is 20.5. The summed E-state index contributed by atoms with van der Waals surface area (Å²) < 4.78 is 93.5. The average molecular weight is 469 g/mol. The molecule has 1 aromatic heterocycles. The molecule has 1 heterocycles. The molecule has 150 valence electrons. The first-order valence-electron chi connectivity index (χ1n) is 7.59. The lowest BCUT2D eigenvalue weighted by atomic mass is 10.0. The summed E-state index contributed by atoms with van der Waals surface area (Å²) in [5.74, 6) is -5.31. The van der Waals surface area contributed by atoms with Crippen molar-refractivity contribution in [1.82, 2.24) is 9.78 Å². The molecule has 2 aromatic carbocycles. The van der Waals surface area contributed by atoms with Crippen LogP contribution in [-0.2, 0) is 18.0 Å². The van der Waals surface area contributed by atoms with Gasteiger partial charge in [0.2, 0.25) is 0 Å². The average Bonchev–Trinajstić information content (AvgIpc) is 2.90. The molecule has 0 amide bonds. The number of hydrogen-bond acceptors (Lipinski definition) is 3. The fourth-order valence-electron chi connectivity index (χ4n) is 2.69. The molecule has 0 saturated carbocycles. The van der Waals surface area contributed by atoms with Gasteiger partial charge in [-0.3, -0.25) is 4.68 Å². The van der Waals surface area contributed by atoms with Crippen LogP contribution in [0.25, 0.3) is 22.2 Å². The zero-order valence-electron chi connectivity index (χ0n) is 14.3. The van der Waals surface area contributed by atoms with Gasteiger partial charge in [0.1, 0.15) is 11.5 Å². The lowest BCUT2D eigenvalue weighted by molar-refractivity contribution is -0.140. The molecule has 0 saturated heterocycles. The van der Waals surface area contributed by atoms with E-state index in [0.29, 0.717) is 5.52 Å². The van der Waals surface area contributed by atoms with Crippen LogP contribution in [0.5, 0.6) is 5.75 Å². The van der Waals surface area contributed by atoms with Crippen LogP contribution in [0.15, 0.2) is 22.7 Å².